The Bertz CT molecular complexity index is 2850. The van der Waals surface area contributed by atoms with E-state index in [2.05, 4.69) is 81.7 Å². The highest BCUT2D eigenvalue weighted by molar-refractivity contribution is 7.91. The number of ether oxygens (including phenoxy) is 7. The first-order valence-corrected chi connectivity index (χ1v) is 37.9. The number of carbonyl (C=O) groups is 1. The highest BCUT2D eigenvalue weighted by Crippen LogP contribution is 2.46. The molecule has 1 N–H and O–H groups in total. The highest BCUT2D eigenvalue weighted by Gasteiger charge is 2.48. The molecule has 0 aromatic heterocycles. The molecule has 0 radical (unpaired) electrons. The van der Waals surface area contributed by atoms with Crippen LogP contribution in [0.3, 0.4) is 0 Å². The van der Waals surface area contributed by atoms with Gasteiger partial charge in [-0.05, 0) is 193 Å². The Morgan fingerprint density at radius 1 is 0.556 bits per heavy atom. The summed E-state index contributed by atoms with van der Waals surface area (Å²) in [6.45, 7) is 41.3. The van der Waals surface area contributed by atoms with E-state index < -0.39 is 25.1 Å². The van der Waals surface area contributed by atoms with Crippen LogP contribution in [0.2, 0.25) is 0 Å². The van der Waals surface area contributed by atoms with E-state index in [4.69, 9.17) is 38.3 Å². The van der Waals surface area contributed by atoms with Gasteiger partial charge in [0.1, 0.15) is 0 Å². The molecule has 13 nitrogen and oxygen atoms in total. The van der Waals surface area contributed by atoms with Crippen LogP contribution >= 0.6 is 0 Å². The second-order valence-corrected chi connectivity index (χ2v) is 33.4. The minimum absolute atomic E-state index is 0.00233. The number of benzene rings is 2. The number of hydrogen-bond acceptors (Lipinski definition) is 13. The zero-order valence-electron chi connectivity index (χ0n) is 56.9. The predicted octanol–water partition coefficient (Wildman–Crippen LogP) is 15.4. The lowest BCUT2D eigenvalue weighted by atomic mass is 9.81. The molecule has 6 saturated heterocycles. The van der Waals surface area contributed by atoms with Crippen LogP contribution in [-0.4, -0.2) is 126 Å². The molecule has 2 aromatic rings. The summed E-state index contributed by atoms with van der Waals surface area (Å²) < 4.78 is 99.2. The monoisotopic (exact) mass is 1290 g/mol. The number of hydrogen-bond donors (Lipinski definition) is 1. The summed E-state index contributed by atoms with van der Waals surface area (Å²) in [7, 11) is -6.93. The van der Waals surface area contributed by atoms with E-state index in [1.807, 2.05) is 32.9 Å². The third kappa shape index (κ3) is 20.5. The van der Waals surface area contributed by atoms with Gasteiger partial charge in [0.15, 0.2) is 19.7 Å². The van der Waals surface area contributed by atoms with Crippen molar-refractivity contribution in [2.24, 2.45) is 52.8 Å². The number of esters is 1. The molecule has 0 amide bonds. The summed E-state index contributed by atoms with van der Waals surface area (Å²) in [5.41, 5.74) is 3.94. The van der Waals surface area contributed by atoms with Gasteiger partial charge in [-0.2, -0.15) is 0 Å². The summed E-state index contributed by atoms with van der Waals surface area (Å²) in [6, 6.07) is 17.6. The Morgan fingerprint density at radius 3 is 1.32 bits per heavy atom. The Balaban J connectivity index is 0.000000258. The first-order chi connectivity index (χ1) is 42.6. The van der Waals surface area contributed by atoms with Crippen molar-refractivity contribution in [3.05, 3.63) is 109 Å². The average Bonchev–Trinajstić information content (AvgIpc) is 1.86. The number of aliphatic hydroxyl groups excluding tert-OH is 1. The number of sulfone groups is 2. The Labute approximate surface area is 544 Å². The van der Waals surface area contributed by atoms with Gasteiger partial charge < -0.3 is 38.3 Å². The SMILES string of the molecule is C=C1C[C@H](CCCO)O[C@H]1CC[C@H]1C[C@@H](C)C(=C)[C@@H](C[C@@H]2O[C@H](C[C@H](C)CC)[C@H](C)[C@H]2CS(=O)(=O)c2ccccc2)O1.C=C1C[C@H](CCCOC(=O)C(C)(C)C)O[C@H]1CC[C@H]1C[C@@H](C)C(=C)[C@@H](C[C@@H]2O[C@H](C[C@H](C)CC)[C@H](C)[C@H]2CS(=O)(=O)c2ccccc2)O1. The predicted molar refractivity (Wildman–Crippen MR) is 359 cm³/mol. The van der Waals surface area contributed by atoms with Gasteiger partial charge >= 0.3 is 5.97 Å². The van der Waals surface area contributed by atoms with Crippen LogP contribution in [-0.2, 0) is 57.6 Å². The van der Waals surface area contributed by atoms with E-state index in [-0.39, 0.29) is 121 Å². The summed E-state index contributed by atoms with van der Waals surface area (Å²) in [4.78, 5) is 12.8. The fraction of sp³-hybridized carbons (Fsp3) is 0.720. The molecule has 6 aliphatic rings. The maximum Gasteiger partial charge on any atom is 0.311 e. The molecule has 0 spiro atoms. The van der Waals surface area contributed by atoms with Gasteiger partial charge in [0.2, 0.25) is 0 Å². The molecular weight excluding hydrogens is 1170 g/mol. The van der Waals surface area contributed by atoms with Crippen LogP contribution in [0.5, 0.6) is 0 Å². The van der Waals surface area contributed by atoms with Crippen LogP contribution in [0.4, 0.5) is 0 Å². The quantitative estimate of drug-likeness (QED) is 0.0464. The molecule has 15 heteroatoms. The van der Waals surface area contributed by atoms with E-state index in [9.17, 15) is 21.6 Å². The van der Waals surface area contributed by atoms with E-state index in [1.165, 1.54) is 0 Å². The van der Waals surface area contributed by atoms with Gasteiger partial charge in [-0.15, -0.1) is 0 Å². The second-order valence-electron chi connectivity index (χ2n) is 29.3. The van der Waals surface area contributed by atoms with Crippen molar-refractivity contribution in [2.75, 3.05) is 24.7 Å². The lowest BCUT2D eigenvalue weighted by Crippen LogP contribution is -2.38. The van der Waals surface area contributed by atoms with E-state index in [0.29, 0.717) is 52.9 Å². The summed E-state index contributed by atoms with van der Waals surface area (Å²) >= 11 is 0. The number of rotatable bonds is 29. The smallest absolute Gasteiger partial charge is 0.311 e. The summed E-state index contributed by atoms with van der Waals surface area (Å²) in [5, 5.41) is 9.17. The third-order valence-electron chi connectivity index (χ3n) is 21.1. The van der Waals surface area contributed by atoms with Crippen LogP contribution in [0.25, 0.3) is 0 Å². The zero-order valence-corrected chi connectivity index (χ0v) is 58.5. The summed E-state index contributed by atoms with van der Waals surface area (Å²) in [6.07, 6.45) is 15.2. The second kappa shape index (κ2) is 33.7. The molecule has 20 atom stereocenters. The molecule has 0 saturated carbocycles. The fourth-order valence-electron chi connectivity index (χ4n) is 14.6. The Hall–Kier alpha value is -3.51. The average molecular weight is 1290 g/mol. The molecule has 6 heterocycles. The third-order valence-corrected chi connectivity index (χ3v) is 24.7. The molecule has 90 heavy (non-hydrogen) atoms. The molecule has 0 unspecified atom stereocenters. The largest absolute Gasteiger partial charge is 0.465 e. The zero-order chi connectivity index (χ0) is 65.7. The first kappa shape index (κ1) is 73.9. The number of aliphatic hydroxyl groups is 1. The van der Waals surface area contributed by atoms with Gasteiger partial charge in [0, 0.05) is 31.3 Å². The highest BCUT2D eigenvalue weighted by atomic mass is 32.2. The molecule has 0 bridgehead atoms. The van der Waals surface area contributed by atoms with Crippen molar-refractivity contribution in [3.63, 3.8) is 0 Å². The Kier molecular flexibility index (Phi) is 27.7. The van der Waals surface area contributed by atoms with Crippen molar-refractivity contribution in [1.29, 1.82) is 0 Å². The van der Waals surface area contributed by atoms with Crippen LogP contribution < -0.4 is 0 Å². The number of carbonyl (C=O) groups excluding carboxylic acids is 1. The van der Waals surface area contributed by atoms with Gasteiger partial charge in [-0.25, -0.2) is 16.8 Å². The molecule has 6 aliphatic heterocycles. The van der Waals surface area contributed by atoms with Crippen LogP contribution in [0, 0.1) is 52.8 Å². The van der Waals surface area contributed by atoms with Crippen molar-refractivity contribution >= 4 is 25.6 Å². The van der Waals surface area contributed by atoms with E-state index in [1.54, 1.807) is 48.5 Å². The van der Waals surface area contributed by atoms with Gasteiger partial charge in [-0.1, -0.05) is 131 Å². The van der Waals surface area contributed by atoms with Gasteiger partial charge in [0.05, 0.1) is 107 Å². The Morgan fingerprint density at radius 2 is 0.944 bits per heavy atom. The first-order valence-electron chi connectivity index (χ1n) is 34.6. The molecule has 6 fully saturated rings. The molecule has 0 aliphatic carbocycles. The fourth-order valence-corrected chi connectivity index (χ4v) is 18.2. The normalized spacial score (nSPS) is 33.2. The lowest BCUT2D eigenvalue weighted by Gasteiger charge is -2.38. The van der Waals surface area contributed by atoms with Crippen molar-refractivity contribution < 1.29 is 59.9 Å². The lowest BCUT2D eigenvalue weighted by molar-refractivity contribution is -0.153. The van der Waals surface area contributed by atoms with Crippen LogP contribution in [0.1, 0.15) is 192 Å². The molecular formula is C75H116O13S2. The van der Waals surface area contributed by atoms with Gasteiger partial charge in [-0.3, -0.25) is 4.79 Å². The summed E-state index contributed by atoms with van der Waals surface area (Å²) in [5.74, 6) is 1.64. The standard InChI is InChI=1S/C40H62O7S.C35H54O6S/c1-10-26(2)21-36-30(6)34(25-48(42,43)33-16-12-11-13-17-33)38(47-36)24-37-29(5)27(3)22-32(46-37)18-19-35-28(4)23-31(45-35)15-14-20-44-39(41)40(7,8)9;1-7-23(2)18-33-27(6)31(22-42(37,38)30-13-9-8-10-14-30)35(41-33)21-34-26(5)24(3)19-29(40-34)15-16-32-25(4)20-28(39-32)12-11-17-36/h11-13,16-17,26-27,30-32,34-38H,4-5,10,14-15,18-25H2,1-3,6-9H3;8-10,13-14,23-24,27-29,31-36H,4-5,7,11-12,15-22H2,1-3,6H3/t26-,27-,30-,31+,32+,34-,35+,36-,37-,38+;23-,24-,27-,28+,29+,31-,32+,33-,34-,35+/m11/s1. The van der Waals surface area contributed by atoms with E-state index in [0.717, 1.165) is 125 Å². The molecule has 506 valence electrons. The maximum absolute atomic E-state index is 13.6. The van der Waals surface area contributed by atoms with Crippen LogP contribution in [0.15, 0.2) is 119 Å². The van der Waals surface area contributed by atoms with Gasteiger partial charge in [0.25, 0.3) is 0 Å². The maximum atomic E-state index is 13.6. The van der Waals surface area contributed by atoms with Crippen molar-refractivity contribution in [1.82, 2.24) is 0 Å². The van der Waals surface area contributed by atoms with Crippen molar-refractivity contribution in [2.45, 2.75) is 275 Å². The van der Waals surface area contributed by atoms with Crippen molar-refractivity contribution in [3.8, 4) is 0 Å². The topological polar surface area (TPSA) is 170 Å². The molecule has 2 aromatic carbocycles. The van der Waals surface area contributed by atoms with E-state index >= 15 is 0 Å². The minimum Gasteiger partial charge on any atom is -0.465 e. The minimum atomic E-state index is -3.48. The molecule has 8 rings (SSSR count).